The first kappa shape index (κ1) is 35.3. The van der Waals surface area contributed by atoms with Gasteiger partial charge in [-0.05, 0) is 46.0 Å². The highest BCUT2D eigenvalue weighted by Crippen LogP contribution is 2.35. The fourth-order valence-corrected chi connectivity index (χ4v) is 5.34. The number of carbonyl (C=O) groups excluding carboxylic acids is 1. The third-order valence-electron chi connectivity index (χ3n) is 8.09. The monoisotopic (exact) mass is 672 g/mol. The maximum atomic E-state index is 13.8. The number of hydrogen-bond acceptors (Lipinski definition) is 7. The van der Waals surface area contributed by atoms with Crippen LogP contribution in [-0.2, 0) is 45.4 Å². The number of carboxylic acids is 2. The average Bonchev–Trinajstić information content (AvgIpc) is 3.15. The minimum absolute atomic E-state index is 0.215. The zero-order valence-corrected chi connectivity index (χ0v) is 27.1. The van der Waals surface area contributed by atoms with Crippen LogP contribution in [0.25, 0.3) is 6.08 Å². The van der Waals surface area contributed by atoms with E-state index in [1.54, 1.807) is 78.9 Å². The van der Waals surface area contributed by atoms with Crippen LogP contribution in [0, 0.1) is 0 Å². The molecule has 9 heteroatoms. The van der Waals surface area contributed by atoms with Crippen molar-refractivity contribution in [3.63, 3.8) is 0 Å². The molecule has 0 spiro atoms. The van der Waals surface area contributed by atoms with Gasteiger partial charge in [-0.3, -0.25) is 4.79 Å². The van der Waals surface area contributed by atoms with E-state index in [-0.39, 0.29) is 19.8 Å². The molecule has 0 amide bonds. The second-order valence-electron chi connectivity index (χ2n) is 11.5. The third kappa shape index (κ3) is 8.33. The predicted molar refractivity (Wildman–Crippen MR) is 186 cm³/mol. The Morgan fingerprint density at radius 3 is 1.50 bits per heavy atom. The van der Waals surface area contributed by atoms with Crippen LogP contribution in [-0.4, -0.2) is 44.2 Å². The molecule has 0 aliphatic rings. The first-order chi connectivity index (χ1) is 24.2. The molecule has 0 bridgehead atoms. The maximum absolute atomic E-state index is 13.8. The van der Waals surface area contributed by atoms with E-state index in [0.717, 1.165) is 17.2 Å². The highest BCUT2D eigenvalue weighted by molar-refractivity contribution is 6.17. The van der Waals surface area contributed by atoms with Gasteiger partial charge < -0.3 is 29.5 Å². The van der Waals surface area contributed by atoms with Gasteiger partial charge in [0.25, 0.3) is 5.60 Å². The minimum Gasteiger partial charge on any atom is -0.485 e. The van der Waals surface area contributed by atoms with Crippen LogP contribution in [0.3, 0.4) is 0 Å². The van der Waals surface area contributed by atoms with Gasteiger partial charge >= 0.3 is 11.9 Å². The van der Waals surface area contributed by atoms with E-state index < -0.39 is 35.3 Å². The second-order valence-corrected chi connectivity index (χ2v) is 11.5. The lowest BCUT2D eigenvalue weighted by Crippen LogP contribution is -2.69. The van der Waals surface area contributed by atoms with Gasteiger partial charge in [0.1, 0.15) is 13.2 Å². The van der Waals surface area contributed by atoms with Gasteiger partial charge in [-0.15, -0.1) is 0 Å². The highest BCUT2D eigenvalue weighted by atomic mass is 16.6. The number of hydrogen-bond donors (Lipinski definition) is 3. The van der Waals surface area contributed by atoms with Crippen LogP contribution in [0.1, 0.15) is 27.8 Å². The molecule has 5 rings (SSSR count). The number of carboxylic acid groups (broad SMARTS) is 2. The number of aliphatic hydroxyl groups is 1. The summed E-state index contributed by atoms with van der Waals surface area (Å²) in [7, 11) is 0. The molecular weight excluding hydrogens is 636 g/mol. The zero-order valence-electron chi connectivity index (χ0n) is 27.1. The lowest BCUT2D eigenvalue weighted by atomic mass is 9.74. The summed E-state index contributed by atoms with van der Waals surface area (Å²) in [6, 6.07) is 40.5. The van der Waals surface area contributed by atoms with E-state index in [4.69, 9.17) is 14.2 Å². The minimum atomic E-state index is -3.54. The summed E-state index contributed by atoms with van der Waals surface area (Å²) in [5.74, 6) is -4.51. The molecule has 0 aromatic heterocycles. The SMILES string of the molecule is O=C(O)C(Cc1ccccc1)(OCc1ccccc1)C(O)(C(=O)O)C(=O)C=Cc1ccc(OCc2ccccc2)c(OCc2ccccc2)c1. The smallest absolute Gasteiger partial charge is 0.347 e. The van der Waals surface area contributed by atoms with Gasteiger partial charge in [-0.25, -0.2) is 9.59 Å². The average molecular weight is 673 g/mol. The molecule has 0 saturated heterocycles. The number of benzene rings is 5. The Balaban J connectivity index is 1.47. The summed E-state index contributed by atoms with van der Waals surface area (Å²) in [5, 5.41) is 32.8. The number of aliphatic carboxylic acids is 2. The molecular formula is C41H36O9. The van der Waals surface area contributed by atoms with E-state index in [9.17, 15) is 29.7 Å². The first-order valence-corrected chi connectivity index (χ1v) is 15.8. The summed E-state index contributed by atoms with van der Waals surface area (Å²) < 4.78 is 18.0. The molecule has 0 fully saturated rings. The van der Waals surface area contributed by atoms with Gasteiger partial charge in [-0.2, -0.15) is 0 Å². The summed E-state index contributed by atoms with van der Waals surface area (Å²) in [6.07, 6.45) is 1.49. The molecule has 0 aliphatic carbocycles. The lowest BCUT2D eigenvalue weighted by molar-refractivity contribution is -0.218. The predicted octanol–water partition coefficient (Wildman–Crippen LogP) is 6.53. The van der Waals surface area contributed by atoms with Crippen molar-refractivity contribution in [2.75, 3.05) is 0 Å². The van der Waals surface area contributed by atoms with E-state index in [0.29, 0.717) is 28.2 Å². The van der Waals surface area contributed by atoms with Gasteiger partial charge in [0.05, 0.1) is 6.61 Å². The molecule has 2 atom stereocenters. The number of rotatable bonds is 17. The van der Waals surface area contributed by atoms with Crippen molar-refractivity contribution in [2.24, 2.45) is 0 Å². The molecule has 5 aromatic carbocycles. The summed E-state index contributed by atoms with van der Waals surface area (Å²) in [4.78, 5) is 39.7. The van der Waals surface area contributed by atoms with Crippen LogP contribution in [0.2, 0.25) is 0 Å². The standard InChI is InChI=1S/C41H36O9/c42-37(41(47,39(45)46)40(38(43)44,26-31-13-5-1-6-14-31)50-29-34-19-11-4-12-20-34)24-22-30-21-23-35(48-27-32-15-7-2-8-16-32)36(25-30)49-28-33-17-9-3-10-18-33/h1-25,47H,26-29H2,(H,43,44)(H,45,46). The Bertz CT molecular complexity index is 1910. The van der Waals surface area contributed by atoms with E-state index in [2.05, 4.69) is 0 Å². The zero-order chi connectivity index (χ0) is 35.4. The topological polar surface area (TPSA) is 140 Å². The molecule has 2 unspecified atom stereocenters. The molecule has 0 aliphatic heterocycles. The van der Waals surface area contributed by atoms with Gasteiger partial charge in [0.2, 0.25) is 11.4 Å². The molecule has 5 aromatic rings. The van der Waals surface area contributed by atoms with Crippen molar-refractivity contribution in [2.45, 2.75) is 37.4 Å². The van der Waals surface area contributed by atoms with Gasteiger partial charge in [-0.1, -0.05) is 133 Å². The Labute approximate surface area is 289 Å². The Hall–Kier alpha value is -6.03. The van der Waals surface area contributed by atoms with Crippen molar-refractivity contribution in [3.05, 3.63) is 173 Å². The molecule has 9 nitrogen and oxygen atoms in total. The van der Waals surface area contributed by atoms with E-state index in [1.807, 2.05) is 60.7 Å². The van der Waals surface area contributed by atoms with Crippen molar-refractivity contribution >= 4 is 23.8 Å². The Morgan fingerprint density at radius 1 is 0.560 bits per heavy atom. The largest absolute Gasteiger partial charge is 0.485 e. The van der Waals surface area contributed by atoms with Crippen molar-refractivity contribution in [3.8, 4) is 11.5 Å². The fourth-order valence-electron chi connectivity index (χ4n) is 5.34. The molecule has 0 saturated carbocycles. The van der Waals surface area contributed by atoms with E-state index >= 15 is 0 Å². The van der Waals surface area contributed by atoms with Gasteiger partial charge in [0, 0.05) is 6.42 Å². The molecule has 0 radical (unpaired) electrons. The highest BCUT2D eigenvalue weighted by Gasteiger charge is 2.66. The van der Waals surface area contributed by atoms with Crippen molar-refractivity contribution in [1.29, 1.82) is 0 Å². The normalized spacial score (nSPS) is 13.5. The lowest BCUT2D eigenvalue weighted by Gasteiger charge is -2.39. The van der Waals surface area contributed by atoms with Crippen LogP contribution in [0.5, 0.6) is 11.5 Å². The van der Waals surface area contributed by atoms with Crippen LogP contribution >= 0.6 is 0 Å². The van der Waals surface area contributed by atoms with Crippen molar-refractivity contribution < 1.29 is 43.9 Å². The first-order valence-electron chi connectivity index (χ1n) is 15.8. The van der Waals surface area contributed by atoms with Crippen LogP contribution < -0.4 is 9.47 Å². The molecule has 50 heavy (non-hydrogen) atoms. The second kappa shape index (κ2) is 16.4. The van der Waals surface area contributed by atoms with Crippen LogP contribution in [0.4, 0.5) is 0 Å². The summed E-state index contributed by atoms with van der Waals surface area (Å²) in [5.41, 5.74) is -3.36. The van der Waals surface area contributed by atoms with Crippen LogP contribution in [0.15, 0.2) is 146 Å². The molecule has 0 heterocycles. The fraction of sp³-hybridized carbons (Fsp3) is 0.146. The molecule has 254 valence electrons. The number of ketones is 1. The van der Waals surface area contributed by atoms with Crippen molar-refractivity contribution in [1.82, 2.24) is 0 Å². The maximum Gasteiger partial charge on any atom is 0.347 e. The number of carbonyl (C=O) groups is 3. The molecule has 3 N–H and O–H groups in total. The summed E-state index contributed by atoms with van der Waals surface area (Å²) in [6.45, 7) is 0.0927. The Kier molecular flexibility index (Phi) is 11.6. The van der Waals surface area contributed by atoms with E-state index in [1.165, 1.54) is 6.08 Å². The van der Waals surface area contributed by atoms with Gasteiger partial charge in [0.15, 0.2) is 11.5 Å². The summed E-state index contributed by atoms with van der Waals surface area (Å²) >= 11 is 0. The third-order valence-corrected chi connectivity index (χ3v) is 8.09. The quantitative estimate of drug-likeness (QED) is 0.0744. The number of ether oxygens (including phenoxy) is 3. The Morgan fingerprint density at radius 2 is 1.02 bits per heavy atom.